The number of hydrogen-bond acceptors (Lipinski definition) is 3. The minimum Gasteiger partial charge on any atom is -0.456 e. The second-order valence-corrected chi connectivity index (χ2v) is 17.6. The molecule has 0 aliphatic heterocycles. The lowest BCUT2D eigenvalue weighted by molar-refractivity contribution is 0.669. The van der Waals surface area contributed by atoms with Crippen LogP contribution in [0.3, 0.4) is 0 Å². The maximum Gasteiger partial charge on any atom is 0.145 e. The van der Waals surface area contributed by atoms with Crippen molar-refractivity contribution in [2.45, 2.75) is 0 Å². The summed E-state index contributed by atoms with van der Waals surface area (Å²) >= 11 is 0. The van der Waals surface area contributed by atoms with Gasteiger partial charge in [-0.2, -0.15) is 0 Å². The predicted octanol–water partition coefficient (Wildman–Crippen LogP) is 18.2. The summed E-state index contributed by atoms with van der Waals surface area (Å²) in [6, 6.07) is 87.0. The third-order valence-electron chi connectivity index (χ3n) is 13.8. The number of rotatable bonds is 7. The summed E-state index contributed by atoms with van der Waals surface area (Å²) in [5.74, 6) is 0. The summed E-state index contributed by atoms with van der Waals surface area (Å²) in [5.41, 5.74) is 16.4. The average Bonchev–Trinajstić information content (AvgIpc) is 4.09. The Balaban J connectivity index is 1.04. The highest BCUT2D eigenvalue weighted by Crippen LogP contribution is 2.50. The highest BCUT2D eigenvalue weighted by molar-refractivity contribution is 6.16. The highest BCUT2D eigenvalue weighted by atomic mass is 16.3. The summed E-state index contributed by atoms with van der Waals surface area (Å²) in [6.45, 7) is 0. The van der Waals surface area contributed by atoms with E-state index in [0.29, 0.717) is 0 Å². The van der Waals surface area contributed by atoms with Crippen molar-refractivity contribution in [1.29, 1.82) is 0 Å². The topological polar surface area (TPSA) is 34.5 Å². The van der Waals surface area contributed by atoms with E-state index in [1.165, 1.54) is 27.1 Å². The fraction of sp³-hybridized carbons (Fsp3) is 0. The van der Waals surface area contributed by atoms with Crippen LogP contribution in [0.1, 0.15) is 0 Å². The molecule has 0 atom stereocenters. The van der Waals surface area contributed by atoms with Crippen LogP contribution in [0.5, 0.6) is 0 Å². The smallest absolute Gasteiger partial charge is 0.145 e. The minimum atomic E-state index is 0.835. The Morgan fingerprint density at radius 1 is 0.338 bits per heavy atom. The van der Waals surface area contributed by atoms with Gasteiger partial charge >= 0.3 is 0 Å². The quantitative estimate of drug-likeness (QED) is 0.160. The maximum atomic E-state index is 7.05. The van der Waals surface area contributed by atoms with Gasteiger partial charge in [-0.1, -0.05) is 164 Å². The molecule has 318 valence electrons. The van der Waals surface area contributed by atoms with Gasteiger partial charge in [-0.15, -0.1) is 0 Å². The van der Waals surface area contributed by atoms with E-state index in [4.69, 9.17) is 8.83 Å². The molecule has 3 heterocycles. The lowest BCUT2D eigenvalue weighted by Gasteiger charge is -2.30. The van der Waals surface area contributed by atoms with Crippen LogP contribution in [0.2, 0.25) is 0 Å². The summed E-state index contributed by atoms with van der Waals surface area (Å²) in [7, 11) is 0. The van der Waals surface area contributed by atoms with Crippen molar-refractivity contribution >= 4 is 93.5 Å². The number of para-hydroxylation sites is 5. The number of hydrogen-bond donors (Lipinski definition) is 0. The van der Waals surface area contributed by atoms with Crippen LogP contribution in [-0.4, -0.2) is 4.57 Å². The first-order valence-electron chi connectivity index (χ1n) is 23.2. The fourth-order valence-corrected chi connectivity index (χ4v) is 10.7. The lowest BCUT2D eigenvalue weighted by atomic mass is 9.94. The van der Waals surface area contributed by atoms with Gasteiger partial charge in [0.25, 0.3) is 0 Å². The zero-order valence-corrected chi connectivity index (χ0v) is 36.8. The van der Waals surface area contributed by atoms with Crippen LogP contribution in [0.4, 0.5) is 17.1 Å². The van der Waals surface area contributed by atoms with Crippen LogP contribution in [0.15, 0.2) is 251 Å². The molecule has 0 saturated carbocycles. The molecule has 14 aromatic rings. The molecule has 3 aromatic heterocycles. The molecule has 0 N–H and O–H groups in total. The van der Waals surface area contributed by atoms with E-state index in [0.717, 1.165) is 105 Å². The second-order valence-electron chi connectivity index (χ2n) is 17.6. The Bertz CT molecular complexity index is 4230. The van der Waals surface area contributed by atoms with Gasteiger partial charge in [-0.25, -0.2) is 0 Å². The van der Waals surface area contributed by atoms with Crippen molar-refractivity contribution in [3.8, 4) is 39.1 Å². The van der Waals surface area contributed by atoms with Crippen LogP contribution in [-0.2, 0) is 0 Å². The van der Waals surface area contributed by atoms with Crippen LogP contribution in [0.25, 0.3) is 116 Å². The van der Waals surface area contributed by atoms with Gasteiger partial charge in [0.15, 0.2) is 0 Å². The molecule has 68 heavy (non-hydrogen) atoms. The number of aromatic nitrogens is 1. The molecule has 0 bridgehead atoms. The minimum absolute atomic E-state index is 0.835. The molecule has 0 amide bonds. The van der Waals surface area contributed by atoms with E-state index in [1.807, 2.05) is 12.1 Å². The van der Waals surface area contributed by atoms with Gasteiger partial charge in [0.2, 0.25) is 0 Å². The SMILES string of the molecule is c1cc(-c2c(N(c3ccc(-c4ccc5ccccc5c4)cc3)c3ccccc3-c3cccc4oc5ccccc5c34)ccc3c2oc2ccccc23)cc(-n2c3ccccc3c3ccccc32)c1. The predicted molar refractivity (Wildman–Crippen MR) is 284 cm³/mol. The molecular formula is C64H40N2O2. The summed E-state index contributed by atoms with van der Waals surface area (Å²) < 4.78 is 15.9. The van der Waals surface area contributed by atoms with Crippen molar-refractivity contribution in [2.24, 2.45) is 0 Å². The van der Waals surface area contributed by atoms with E-state index in [9.17, 15) is 0 Å². The maximum absolute atomic E-state index is 7.05. The van der Waals surface area contributed by atoms with Crippen molar-refractivity contribution in [3.63, 3.8) is 0 Å². The Kier molecular flexibility index (Phi) is 8.55. The van der Waals surface area contributed by atoms with Crippen LogP contribution in [0, 0.1) is 0 Å². The molecule has 0 fully saturated rings. The Morgan fingerprint density at radius 3 is 1.76 bits per heavy atom. The van der Waals surface area contributed by atoms with Crippen molar-refractivity contribution < 1.29 is 8.83 Å². The van der Waals surface area contributed by atoms with E-state index in [2.05, 4.69) is 240 Å². The first-order chi connectivity index (χ1) is 33.7. The number of anilines is 3. The highest BCUT2D eigenvalue weighted by Gasteiger charge is 2.26. The number of benzene rings is 11. The lowest BCUT2D eigenvalue weighted by Crippen LogP contribution is -2.12. The molecular weight excluding hydrogens is 829 g/mol. The molecule has 0 radical (unpaired) electrons. The second kappa shape index (κ2) is 15.2. The third-order valence-corrected chi connectivity index (χ3v) is 13.8. The number of furan rings is 2. The van der Waals surface area contributed by atoms with Gasteiger partial charge in [-0.05, 0) is 112 Å². The summed E-state index contributed by atoms with van der Waals surface area (Å²) in [6.07, 6.45) is 0. The largest absolute Gasteiger partial charge is 0.456 e. The van der Waals surface area contributed by atoms with E-state index < -0.39 is 0 Å². The number of fused-ring (bicyclic) bond motifs is 10. The molecule has 0 unspecified atom stereocenters. The van der Waals surface area contributed by atoms with Gasteiger partial charge < -0.3 is 18.3 Å². The Morgan fingerprint density at radius 2 is 0.956 bits per heavy atom. The zero-order valence-electron chi connectivity index (χ0n) is 36.8. The normalized spacial score (nSPS) is 11.8. The van der Waals surface area contributed by atoms with Crippen molar-refractivity contribution in [2.75, 3.05) is 4.90 Å². The zero-order chi connectivity index (χ0) is 44.7. The molecule has 0 aliphatic carbocycles. The molecule has 0 aliphatic rings. The van der Waals surface area contributed by atoms with Crippen molar-refractivity contribution in [1.82, 2.24) is 4.57 Å². The summed E-state index contributed by atoms with van der Waals surface area (Å²) in [5, 5.41) is 9.23. The first kappa shape index (κ1) is 38.2. The first-order valence-corrected chi connectivity index (χ1v) is 23.2. The van der Waals surface area contributed by atoms with E-state index in [1.54, 1.807) is 0 Å². The molecule has 11 aromatic carbocycles. The summed E-state index contributed by atoms with van der Waals surface area (Å²) in [4.78, 5) is 2.43. The molecule has 0 saturated heterocycles. The van der Waals surface area contributed by atoms with Gasteiger partial charge in [0, 0.05) is 54.8 Å². The molecule has 0 spiro atoms. The monoisotopic (exact) mass is 868 g/mol. The van der Waals surface area contributed by atoms with E-state index >= 15 is 0 Å². The van der Waals surface area contributed by atoms with E-state index in [-0.39, 0.29) is 0 Å². The standard InChI is InChI=1S/C64H40N2O2/c1-2-16-43-39-44(32-31-41(43)15-1)42-33-35-46(36-34-42)65(57-27-10-5-21-50(57)52-24-14-30-61-63(52)54-23-7-12-29-60(54)67-61)58-38-37-53-51-22-6-11-28-59(51)68-64(53)62(58)45-17-13-18-47(40-45)66-55-25-8-3-19-48(55)49-20-4-9-26-56(49)66/h1-40H. The third kappa shape index (κ3) is 5.94. The van der Waals surface area contributed by atoms with Crippen LogP contribution < -0.4 is 4.90 Å². The van der Waals surface area contributed by atoms with Gasteiger partial charge in [0.05, 0.1) is 22.4 Å². The Hall–Kier alpha value is -9.12. The molecule has 4 nitrogen and oxygen atoms in total. The number of nitrogens with zero attached hydrogens (tertiary/aromatic N) is 2. The molecule has 14 rings (SSSR count). The van der Waals surface area contributed by atoms with Crippen LogP contribution >= 0.6 is 0 Å². The van der Waals surface area contributed by atoms with Crippen molar-refractivity contribution in [3.05, 3.63) is 243 Å². The average molecular weight is 869 g/mol. The molecule has 4 heteroatoms. The van der Waals surface area contributed by atoms with Gasteiger partial charge in [0.1, 0.15) is 22.3 Å². The van der Waals surface area contributed by atoms with Gasteiger partial charge in [-0.3, -0.25) is 0 Å². The Labute approximate surface area is 391 Å². The fourth-order valence-electron chi connectivity index (χ4n) is 10.7.